The van der Waals surface area contributed by atoms with Crippen LogP contribution in [0.2, 0.25) is 0 Å². The molecular formula is C28H16N4S4. The fourth-order valence-corrected chi connectivity index (χ4v) is 8.88. The number of nitriles is 2. The minimum absolute atomic E-state index is 0.725. The Morgan fingerprint density at radius 1 is 0.611 bits per heavy atom. The molecule has 0 radical (unpaired) electrons. The molecule has 6 heterocycles. The van der Waals surface area contributed by atoms with E-state index in [4.69, 9.17) is 0 Å². The van der Waals surface area contributed by atoms with Crippen molar-refractivity contribution < 1.29 is 0 Å². The summed E-state index contributed by atoms with van der Waals surface area (Å²) in [6.07, 6.45) is 5.05. The molecule has 0 aliphatic carbocycles. The Kier molecular flexibility index (Phi) is 6.18. The molecule has 0 fully saturated rings. The van der Waals surface area contributed by atoms with Crippen LogP contribution in [0.4, 0.5) is 0 Å². The Morgan fingerprint density at radius 2 is 1.08 bits per heavy atom. The lowest BCUT2D eigenvalue weighted by molar-refractivity contribution is 1.29. The van der Waals surface area contributed by atoms with Crippen molar-refractivity contribution in [3.8, 4) is 33.3 Å². The highest BCUT2D eigenvalue weighted by Gasteiger charge is 2.16. The van der Waals surface area contributed by atoms with E-state index in [0.717, 1.165) is 54.9 Å². The third-order valence-corrected chi connectivity index (χ3v) is 10.3. The largest absolute Gasteiger partial charge is 0.255 e. The number of hydrogen-bond donors (Lipinski definition) is 0. The molecule has 0 saturated carbocycles. The molecule has 0 saturated heterocycles. The Bertz CT molecular complexity index is 1600. The Balaban J connectivity index is 1.23. The van der Waals surface area contributed by atoms with Gasteiger partial charge in [0.1, 0.15) is 12.1 Å². The molecule has 172 valence electrons. The van der Waals surface area contributed by atoms with Crippen molar-refractivity contribution in [1.29, 1.82) is 10.5 Å². The molecule has 0 atom stereocenters. The predicted molar refractivity (Wildman–Crippen MR) is 150 cm³/mol. The van der Waals surface area contributed by atoms with E-state index >= 15 is 0 Å². The van der Waals surface area contributed by atoms with Gasteiger partial charge in [0.25, 0.3) is 0 Å². The highest BCUT2D eigenvalue weighted by Crippen LogP contribution is 2.39. The van der Waals surface area contributed by atoms with Crippen LogP contribution in [0, 0.1) is 22.7 Å². The van der Waals surface area contributed by atoms with Crippen LogP contribution in [0.1, 0.15) is 30.6 Å². The minimum atomic E-state index is 0.725. The van der Waals surface area contributed by atoms with Gasteiger partial charge in [-0.25, -0.2) is 0 Å². The number of fused-ring (bicyclic) bond motifs is 1. The summed E-state index contributed by atoms with van der Waals surface area (Å²) in [7, 11) is 0. The molecule has 4 nitrogen and oxygen atoms in total. The molecule has 0 aromatic carbocycles. The fourth-order valence-electron chi connectivity index (χ4n) is 4.01. The molecule has 0 aliphatic heterocycles. The lowest BCUT2D eigenvalue weighted by atomic mass is 10.2. The van der Waals surface area contributed by atoms with Gasteiger partial charge in [0.2, 0.25) is 0 Å². The summed E-state index contributed by atoms with van der Waals surface area (Å²) in [5.74, 6) is 0. The van der Waals surface area contributed by atoms with Crippen LogP contribution >= 0.6 is 45.3 Å². The molecular weight excluding hydrogens is 521 g/mol. The molecule has 36 heavy (non-hydrogen) atoms. The van der Waals surface area contributed by atoms with E-state index in [2.05, 4.69) is 34.2 Å². The third kappa shape index (κ3) is 4.48. The van der Waals surface area contributed by atoms with Crippen molar-refractivity contribution in [2.45, 2.75) is 12.8 Å². The van der Waals surface area contributed by atoms with E-state index in [1.165, 1.54) is 19.2 Å². The second kappa shape index (κ2) is 9.77. The minimum Gasteiger partial charge on any atom is -0.255 e. The van der Waals surface area contributed by atoms with Gasteiger partial charge in [-0.3, -0.25) is 9.97 Å². The molecule has 6 rings (SSSR count). The fraction of sp³-hybridized carbons (Fsp3) is 0.0714. The highest BCUT2D eigenvalue weighted by molar-refractivity contribution is 7.28. The maximum atomic E-state index is 9.67. The van der Waals surface area contributed by atoms with E-state index in [0.29, 0.717) is 0 Å². The van der Waals surface area contributed by atoms with E-state index in [9.17, 15) is 10.5 Å². The summed E-state index contributed by atoms with van der Waals surface area (Å²) < 4.78 is 2.51. The van der Waals surface area contributed by atoms with Crippen LogP contribution in [-0.4, -0.2) is 9.97 Å². The van der Waals surface area contributed by atoms with E-state index in [1.54, 1.807) is 57.7 Å². The monoisotopic (exact) mass is 536 g/mol. The number of nitrogens with zero attached hydrogens (tertiary/aromatic N) is 4. The smallest absolute Gasteiger partial charge is 0.100 e. The van der Waals surface area contributed by atoms with Crippen molar-refractivity contribution >= 4 is 54.7 Å². The van der Waals surface area contributed by atoms with Crippen LogP contribution in [0.3, 0.4) is 0 Å². The van der Waals surface area contributed by atoms with Crippen LogP contribution in [0.25, 0.3) is 30.5 Å². The van der Waals surface area contributed by atoms with Gasteiger partial charge in [-0.05, 0) is 48.5 Å². The van der Waals surface area contributed by atoms with Gasteiger partial charge < -0.3 is 0 Å². The summed E-state index contributed by atoms with van der Waals surface area (Å²) in [4.78, 5) is 15.6. The number of hydrogen-bond acceptors (Lipinski definition) is 8. The van der Waals surface area contributed by atoms with Crippen molar-refractivity contribution in [3.63, 3.8) is 0 Å². The van der Waals surface area contributed by atoms with Gasteiger partial charge in [-0.1, -0.05) is 12.1 Å². The zero-order chi connectivity index (χ0) is 24.5. The number of thiophene rings is 4. The van der Waals surface area contributed by atoms with E-state index in [1.807, 2.05) is 48.5 Å². The second-order valence-electron chi connectivity index (χ2n) is 8.06. The molecule has 0 aliphatic rings. The molecule has 6 aromatic rings. The first-order valence-corrected chi connectivity index (χ1v) is 14.4. The standard InChI is InChI=1S/C28H16N4S4/c29-15-17-9-25(21-5-1-3-7-31-21)35-23(17)11-19-13-27-28(33-19)14-20(34-27)12-24-18(16-30)10-26(36-24)22-6-2-4-8-32-22/h1-10,13-14H,11-12H2. The van der Waals surface area contributed by atoms with Gasteiger partial charge in [-0.15, -0.1) is 45.3 Å². The maximum absolute atomic E-state index is 9.67. The first-order valence-electron chi connectivity index (χ1n) is 11.1. The van der Waals surface area contributed by atoms with Gasteiger partial charge >= 0.3 is 0 Å². The first-order chi connectivity index (χ1) is 17.7. The van der Waals surface area contributed by atoms with Crippen molar-refractivity contribution in [3.05, 3.63) is 104 Å². The van der Waals surface area contributed by atoms with Crippen LogP contribution in [-0.2, 0) is 12.8 Å². The average Bonchev–Trinajstić information content (AvgIpc) is 3.68. The predicted octanol–water partition coefficient (Wildman–Crippen LogP) is 8.13. The van der Waals surface area contributed by atoms with Crippen molar-refractivity contribution in [2.24, 2.45) is 0 Å². The molecule has 0 N–H and O–H groups in total. The lowest BCUT2D eigenvalue weighted by Crippen LogP contribution is -1.83. The topological polar surface area (TPSA) is 73.4 Å². The van der Waals surface area contributed by atoms with Crippen LogP contribution in [0.5, 0.6) is 0 Å². The van der Waals surface area contributed by atoms with Crippen LogP contribution < -0.4 is 0 Å². The normalized spacial score (nSPS) is 10.9. The van der Waals surface area contributed by atoms with E-state index < -0.39 is 0 Å². The number of pyridine rings is 2. The summed E-state index contributed by atoms with van der Waals surface area (Å²) in [5, 5.41) is 19.3. The maximum Gasteiger partial charge on any atom is 0.100 e. The van der Waals surface area contributed by atoms with Gasteiger partial charge in [0.05, 0.1) is 32.3 Å². The molecule has 0 bridgehead atoms. The Hall–Kier alpha value is -3.66. The zero-order valence-electron chi connectivity index (χ0n) is 18.8. The van der Waals surface area contributed by atoms with E-state index in [-0.39, 0.29) is 0 Å². The number of aromatic nitrogens is 2. The quantitative estimate of drug-likeness (QED) is 0.215. The molecule has 6 aromatic heterocycles. The lowest BCUT2D eigenvalue weighted by Gasteiger charge is -1.96. The van der Waals surface area contributed by atoms with Crippen LogP contribution in [0.15, 0.2) is 73.1 Å². The molecule has 8 heteroatoms. The van der Waals surface area contributed by atoms with Gasteiger partial charge in [0.15, 0.2) is 0 Å². The van der Waals surface area contributed by atoms with Gasteiger partial charge in [0, 0.05) is 54.1 Å². The SMILES string of the molecule is N#Cc1cc(-c2ccccn2)sc1Cc1cc2sc(Cc3sc(-c4ccccn4)cc3C#N)cc2s1. The van der Waals surface area contributed by atoms with Crippen molar-refractivity contribution in [2.75, 3.05) is 0 Å². The molecule has 0 amide bonds. The third-order valence-electron chi connectivity index (χ3n) is 5.67. The average molecular weight is 537 g/mol. The summed E-state index contributed by atoms with van der Waals surface area (Å²) in [6, 6.07) is 24.8. The second-order valence-corrected chi connectivity index (χ2v) is 12.7. The molecule has 0 unspecified atom stereocenters. The first kappa shape index (κ1) is 22.8. The Labute approximate surface area is 224 Å². The number of rotatable bonds is 6. The summed E-state index contributed by atoms with van der Waals surface area (Å²) >= 11 is 6.85. The highest BCUT2D eigenvalue weighted by atomic mass is 32.1. The Morgan fingerprint density at radius 3 is 1.47 bits per heavy atom. The van der Waals surface area contributed by atoms with Crippen molar-refractivity contribution in [1.82, 2.24) is 9.97 Å². The molecule has 0 spiro atoms. The summed E-state index contributed by atoms with van der Waals surface area (Å²) in [5.41, 5.74) is 3.25. The summed E-state index contributed by atoms with van der Waals surface area (Å²) in [6.45, 7) is 0. The van der Waals surface area contributed by atoms with Gasteiger partial charge in [-0.2, -0.15) is 10.5 Å². The zero-order valence-corrected chi connectivity index (χ0v) is 22.0.